The topological polar surface area (TPSA) is 33.3 Å². The third kappa shape index (κ3) is 4.65. The summed E-state index contributed by atoms with van der Waals surface area (Å²) >= 11 is 6.11. The van der Waals surface area contributed by atoms with E-state index in [9.17, 15) is 0 Å². The molecule has 22 heavy (non-hydrogen) atoms. The van der Waals surface area contributed by atoms with Gasteiger partial charge in [-0.15, -0.1) is 0 Å². The van der Waals surface area contributed by atoms with E-state index in [1.54, 1.807) is 7.11 Å². The Hall–Kier alpha value is -1.71. The zero-order valence-corrected chi connectivity index (χ0v) is 13.9. The van der Waals surface area contributed by atoms with Crippen LogP contribution < -0.4 is 15.4 Å². The number of hydrogen-bond acceptors (Lipinski definition) is 3. The SMILES string of the molecule is CCC(NCCNc1ccc(OC)c(Cl)c1)c1ccccc1. The van der Waals surface area contributed by atoms with E-state index in [0.29, 0.717) is 16.8 Å². The molecule has 0 aliphatic rings. The standard InChI is InChI=1S/C18H23ClN2O/c1-3-17(14-7-5-4-6-8-14)21-12-11-20-15-9-10-18(22-2)16(19)13-15/h4-10,13,17,20-21H,3,11-12H2,1-2H3. The lowest BCUT2D eigenvalue weighted by molar-refractivity contribution is 0.415. The maximum absolute atomic E-state index is 6.11. The summed E-state index contributed by atoms with van der Waals surface area (Å²) in [6.07, 6.45) is 1.07. The van der Waals surface area contributed by atoms with E-state index in [2.05, 4.69) is 41.8 Å². The molecule has 0 saturated heterocycles. The van der Waals surface area contributed by atoms with Gasteiger partial charge in [0.1, 0.15) is 5.75 Å². The van der Waals surface area contributed by atoms with Gasteiger partial charge in [-0.3, -0.25) is 0 Å². The van der Waals surface area contributed by atoms with Crippen molar-refractivity contribution in [3.63, 3.8) is 0 Å². The summed E-state index contributed by atoms with van der Waals surface area (Å²) in [6.45, 7) is 3.92. The summed E-state index contributed by atoms with van der Waals surface area (Å²) in [4.78, 5) is 0. The average molecular weight is 319 g/mol. The van der Waals surface area contributed by atoms with Gasteiger partial charge in [-0.1, -0.05) is 48.9 Å². The molecule has 1 atom stereocenters. The highest BCUT2D eigenvalue weighted by Gasteiger charge is 2.07. The van der Waals surface area contributed by atoms with Gasteiger partial charge in [-0.05, 0) is 30.2 Å². The molecule has 0 amide bonds. The Bertz CT molecular complexity index is 575. The van der Waals surface area contributed by atoms with E-state index in [-0.39, 0.29) is 0 Å². The van der Waals surface area contributed by atoms with Crippen molar-refractivity contribution in [2.24, 2.45) is 0 Å². The molecule has 0 radical (unpaired) electrons. The Labute approximate surface area is 137 Å². The number of nitrogens with one attached hydrogen (secondary N) is 2. The third-order valence-corrected chi connectivity index (χ3v) is 3.90. The molecule has 0 saturated carbocycles. The molecule has 0 aliphatic heterocycles. The Morgan fingerprint density at radius 1 is 1.09 bits per heavy atom. The van der Waals surface area contributed by atoms with Crippen molar-refractivity contribution in [3.8, 4) is 5.75 Å². The lowest BCUT2D eigenvalue weighted by atomic mass is 10.0. The van der Waals surface area contributed by atoms with Crippen LogP contribution in [0.15, 0.2) is 48.5 Å². The maximum atomic E-state index is 6.11. The van der Waals surface area contributed by atoms with Gasteiger partial charge in [0.05, 0.1) is 12.1 Å². The monoisotopic (exact) mass is 318 g/mol. The van der Waals surface area contributed by atoms with Crippen molar-refractivity contribution < 1.29 is 4.74 Å². The van der Waals surface area contributed by atoms with E-state index in [0.717, 1.165) is 25.2 Å². The van der Waals surface area contributed by atoms with Crippen LogP contribution in [0.1, 0.15) is 24.9 Å². The molecule has 0 aromatic heterocycles. The fourth-order valence-electron chi connectivity index (χ4n) is 2.41. The lowest BCUT2D eigenvalue weighted by Crippen LogP contribution is -2.26. The highest BCUT2D eigenvalue weighted by molar-refractivity contribution is 6.32. The number of ether oxygens (including phenoxy) is 1. The number of methoxy groups -OCH3 is 1. The number of hydrogen-bond donors (Lipinski definition) is 2. The van der Waals surface area contributed by atoms with Crippen LogP contribution in [0.4, 0.5) is 5.69 Å². The maximum Gasteiger partial charge on any atom is 0.137 e. The summed E-state index contributed by atoms with van der Waals surface area (Å²) in [5, 5.41) is 7.56. The Morgan fingerprint density at radius 3 is 2.50 bits per heavy atom. The Balaban J connectivity index is 1.80. The molecule has 118 valence electrons. The van der Waals surface area contributed by atoms with Gasteiger partial charge in [-0.2, -0.15) is 0 Å². The van der Waals surface area contributed by atoms with Crippen LogP contribution in [0.2, 0.25) is 5.02 Å². The second-order valence-corrected chi connectivity index (χ2v) is 5.51. The van der Waals surface area contributed by atoms with E-state index in [1.807, 2.05) is 24.3 Å². The first kappa shape index (κ1) is 16.7. The van der Waals surface area contributed by atoms with Crippen molar-refractivity contribution in [1.82, 2.24) is 5.32 Å². The normalized spacial score (nSPS) is 12.0. The minimum absolute atomic E-state index is 0.391. The van der Waals surface area contributed by atoms with Crippen molar-refractivity contribution >= 4 is 17.3 Å². The summed E-state index contributed by atoms with van der Waals surface area (Å²) in [5.74, 6) is 0.695. The Kier molecular flexibility index (Phi) is 6.56. The Morgan fingerprint density at radius 2 is 1.86 bits per heavy atom. The molecular formula is C18H23ClN2O. The van der Waals surface area contributed by atoms with Gasteiger partial charge in [0.15, 0.2) is 0 Å². The molecule has 0 aliphatic carbocycles. The molecule has 2 aromatic rings. The zero-order valence-electron chi connectivity index (χ0n) is 13.1. The fourth-order valence-corrected chi connectivity index (χ4v) is 2.67. The molecular weight excluding hydrogens is 296 g/mol. The van der Waals surface area contributed by atoms with Gasteiger partial charge in [-0.25, -0.2) is 0 Å². The van der Waals surface area contributed by atoms with Crippen molar-refractivity contribution in [1.29, 1.82) is 0 Å². The van der Waals surface area contributed by atoms with E-state index >= 15 is 0 Å². The first-order valence-corrected chi connectivity index (χ1v) is 7.98. The smallest absolute Gasteiger partial charge is 0.137 e. The molecule has 1 unspecified atom stereocenters. The number of benzene rings is 2. The van der Waals surface area contributed by atoms with E-state index in [1.165, 1.54) is 5.56 Å². The minimum Gasteiger partial charge on any atom is -0.495 e. The molecule has 0 bridgehead atoms. The summed E-state index contributed by atoms with van der Waals surface area (Å²) in [6, 6.07) is 16.7. The highest BCUT2D eigenvalue weighted by atomic mass is 35.5. The van der Waals surface area contributed by atoms with Crippen molar-refractivity contribution in [2.45, 2.75) is 19.4 Å². The van der Waals surface area contributed by atoms with Crippen molar-refractivity contribution in [3.05, 3.63) is 59.1 Å². The first-order valence-electron chi connectivity index (χ1n) is 7.60. The number of halogens is 1. The molecule has 2 rings (SSSR count). The lowest BCUT2D eigenvalue weighted by Gasteiger charge is -2.18. The summed E-state index contributed by atoms with van der Waals surface area (Å²) < 4.78 is 5.15. The molecule has 2 N–H and O–H groups in total. The van der Waals surface area contributed by atoms with E-state index in [4.69, 9.17) is 16.3 Å². The molecule has 0 fully saturated rings. The quantitative estimate of drug-likeness (QED) is 0.703. The highest BCUT2D eigenvalue weighted by Crippen LogP contribution is 2.27. The summed E-state index contributed by atoms with van der Waals surface area (Å²) in [5.41, 5.74) is 2.33. The molecule has 3 nitrogen and oxygen atoms in total. The van der Waals surface area contributed by atoms with Crippen molar-refractivity contribution in [2.75, 3.05) is 25.5 Å². The zero-order chi connectivity index (χ0) is 15.8. The van der Waals surface area contributed by atoms with Crippen LogP contribution in [0, 0.1) is 0 Å². The third-order valence-electron chi connectivity index (χ3n) is 3.61. The second kappa shape index (κ2) is 8.66. The van der Waals surface area contributed by atoms with Gasteiger partial charge in [0, 0.05) is 24.8 Å². The van der Waals surface area contributed by atoms with Gasteiger partial charge >= 0.3 is 0 Å². The van der Waals surface area contributed by atoms with E-state index < -0.39 is 0 Å². The second-order valence-electron chi connectivity index (χ2n) is 5.10. The van der Waals surface area contributed by atoms with Crippen LogP contribution in [-0.2, 0) is 0 Å². The minimum atomic E-state index is 0.391. The van der Waals surface area contributed by atoms with Crippen LogP contribution in [0.3, 0.4) is 0 Å². The first-order chi connectivity index (χ1) is 10.7. The van der Waals surface area contributed by atoms with Crippen LogP contribution in [0.5, 0.6) is 5.75 Å². The van der Waals surface area contributed by atoms with Crippen LogP contribution in [-0.4, -0.2) is 20.2 Å². The molecule has 2 aromatic carbocycles. The average Bonchev–Trinajstić information content (AvgIpc) is 2.56. The van der Waals surface area contributed by atoms with Gasteiger partial charge in [0.2, 0.25) is 0 Å². The van der Waals surface area contributed by atoms with Crippen LogP contribution >= 0.6 is 11.6 Å². The molecule has 0 heterocycles. The number of rotatable bonds is 8. The molecule has 0 spiro atoms. The van der Waals surface area contributed by atoms with Gasteiger partial charge < -0.3 is 15.4 Å². The fraction of sp³-hybridized carbons (Fsp3) is 0.333. The molecule has 4 heteroatoms. The largest absolute Gasteiger partial charge is 0.495 e. The predicted molar refractivity (Wildman–Crippen MR) is 94.0 cm³/mol. The summed E-state index contributed by atoms with van der Waals surface area (Å²) in [7, 11) is 1.62. The van der Waals surface area contributed by atoms with Gasteiger partial charge in [0.25, 0.3) is 0 Å². The van der Waals surface area contributed by atoms with Crippen LogP contribution in [0.25, 0.3) is 0 Å². The number of anilines is 1. The predicted octanol–water partition coefficient (Wildman–Crippen LogP) is 4.50.